The van der Waals surface area contributed by atoms with Gasteiger partial charge in [0.2, 0.25) is 0 Å². The molecule has 0 bridgehead atoms. The topological polar surface area (TPSA) is 80.9 Å². The van der Waals surface area contributed by atoms with Crippen LogP contribution in [0.3, 0.4) is 0 Å². The Morgan fingerprint density at radius 3 is 0.875 bits per heavy atom. The van der Waals surface area contributed by atoms with Crippen molar-refractivity contribution in [3.63, 3.8) is 0 Å². The standard InChI is InChI=1S/Ca.Cu.4H2O.Pb.Ti.4H/h;;4*1H2;;;;;;/q;;;;;;;+4;;;;/p-4. The summed E-state index contributed by atoms with van der Waals surface area (Å²) in [4.78, 5) is 0. The van der Waals surface area contributed by atoms with Crippen molar-refractivity contribution in [2.75, 3.05) is 0 Å². The summed E-state index contributed by atoms with van der Waals surface area (Å²) in [7, 11) is 0. The van der Waals surface area contributed by atoms with Gasteiger partial charge in [-0.3, -0.25) is 0 Å². The third-order valence-corrected chi connectivity index (χ3v) is 0. The van der Waals surface area contributed by atoms with Crippen LogP contribution in [-0.4, -0.2) is 79.8 Å². The van der Waals surface area contributed by atoms with Crippen LogP contribution in [0.5, 0.6) is 0 Å². The summed E-state index contributed by atoms with van der Waals surface area (Å²) in [5.41, 5.74) is 0. The minimum absolute atomic E-state index is 0. The first-order valence-electron chi connectivity index (χ1n) is 0.894. The van der Waals surface area contributed by atoms with Crippen molar-refractivity contribution in [1.82, 2.24) is 0 Å². The number of rotatable bonds is 0. The summed E-state index contributed by atoms with van der Waals surface area (Å²) in [6.07, 6.45) is 0. The van der Waals surface area contributed by atoms with Crippen LogP contribution in [0.2, 0.25) is 0 Å². The average Bonchev–Trinajstić information content (AvgIpc) is 0.722. The van der Waals surface area contributed by atoms with Crippen LogP contribution in [0.25, 0.3) is 0 Å². The van der Waals surface area contributed by atoms with E-state index in [-0.39, 0.29) is 82.1 Å². The Morgan fingerprint density at radius 1 is 0.875 bits per heavy atom. The van der Waals surface area contributed by atoms with Crippen LogP contribution < -0.4 is 0 Å². The van der Waals surface area contributed by atoms with E-state index in [0.717, 1.165) is 0 Å². The fraction of sp³-hybridized carbons (Fsp3) is 0. The third-order valence-electron chi connectivity index (χ3n) is 0. The van der Waals surface area contributed by atoms with Gasteiger partial charge in [-0.2, -0.15) is 0 Å². The summed E-state index contributed by atoms with van der Waals surface area (Å²) in [6.45, 7) is 0. The molecule has 0 aromatic rings. The van der Waals surface area contributed by atoms with Crippen molar-refractivity contribution < 1.29 is 50.0 Å². The van der Waals surface area contributed by atoms with Crippen molar-refractivity contribution in [3.8, 4) is 0 Å². The van der Waals surface area contributed by atoms with Gasteiger partial charge < -0.3 is 0 Å². The first-order chi connectivity index (χ1) is 2.00. The maximum absolute atomic E-state index is 7.38. The van der Waals surface area contributed by atoms with Gasteiger partial charge in [-0.05, 0) is 0 Å². The Labute approximate surface area is 113 Å². The minimum atomic E-state index is -5.00. The molecule has 0 heterocycles. The molecular weight excluding hydrogens is 423 g/mol. The molecule has 3 radical (unpaired) electrons. The molecule has 4 N–H and O–H groups in total. The Kier molecular flexibility index (Phi) is 28.8. The van der Waals surface area contributed by atoms with Crippen LogP contribution in [0.4, 0.5) is 0 Å². The Balaban J connectivity index is -0.0000000267. The molecule has 0 atom stereocenters. The molecule has 0 aliphatic heterocycles. The van der Waals surface area contributed by atoms with E-state index in [2.05, 4.69) is 0 Å². The first-order valence-corrected chi connectivity index (χ1v) is 3.69. The molecule has 0 aromatic heterocycles. The summed E-state index contributed by atoms with van der Waals surface area (Å²) in [6, 6.07) is 0. The monoisotopic (exact) mass is 431 g/mol. The summed E-state index contributed by atoms with van der Waals surface area (Å²) in [5, 5.41) is 0. The van der Waals surface area contributed by atoms with E-state index in [4.69, 9.17) is 14.8 Å². The zero-order valence-electron chi connectivity index (χ0n) is 3.30. The summed E-state index contributed by atoms with van der Waals surface area (Å²) < 4.78 is 29.5. The fourth-order valence-corrected chi connectivity index (χ4v) is 0. The van der Waals surface area contributed by atoms with Crippen molar-refractivity contribution >= 4 is 65.0 Å². The zero-order valence-corrected chi connectivity index (χ0v) is 11.3. The van der Waals surface area contributed by atoms with Crippen LogP contribution in [0.15, 0.2) is 0 Å². The van der Waals surface area contributed by atoms with Gasteiger partial charge in [0.25, 0.3) is 0 Å². The van der Waals surface area contributed by atoms with E-state index in [1.54, 1.807) is 0 Å². The van der Waals surface area contributed by atoms with E-state index < -0.39 is 18.1 Å². The molecule has 0 spiro atoms. The van der Waals surface area contributed by atoms with E-state index in [1.165, 1.54) is 0 Å². The quantitative estimate of drug-likeness (QED) is 0.295. The molecule has 0 aliphatic carbocycles. The van der Waals surface area contributed by atoms with Gasteiger partial charge in [0, 0.05) is 17.1 Å². The van der Waals surface area contributed by atoms with Crippen LogP contribution in [-0.2, 0) is 35.2 Å². The molecule has 53 valence electrons. The number of hydrogen-bond donors (Lipinski definition) is 4. The molecule has 0 aliphatic rings. The molecular formula is H8CaCuO4PbTi. The van der Waals surface area contributed by atoms with Gasteiger partial charge in [0.1, 0.15) is 0 Å². The van der Waals surface area contributed by atoms with Crippen molar-refractivity contribution in [1.29, 1.82) is 0 Å². The van der Waals surface area contributed by atoms with Crippen molar-refractivity contribution in [2.45, 2.75) is 0 Å². The van der Waals surface area contributed by atoms with E-state index in [0.29, 0.717) is 0 Å². The van der Waals surface area contributed by atoms with E-state index in [1.807, 2.05) is 0 Å². The fourth-order valence-electron chi connectivity index (χ4n) is 0. The molecule has 0 unspecified atom stereocenters. The van der Waals surface area contributed by atoms with Crippen LogP contribution in [0, 0.1) is 0 Å². The predicted molar refractivity (Wildman–Crippen MR) is 26.0 cm³/mol. The van der Waals surface area contributed by atoms with Gasteiger partial charge in [0.15, 0.2) is 0 Å². The Hall–Kier alpha value is 3.26. The molecule has 0 amide bonds. The Morgan fingerprint density at radius 2 is 0.875 bits per heavy atom. The van der Waals surface area contributed by atoms with Gasteiger partial charge >= 0.3 is 97.9 Å². The second-order valence-electron chi connectivity index (χ2n) is 0.600. The molecule has 8 heteroatoms. The zero-order chi connectivity index (χ0) is 4.50. The molecule has 4 nitrogen and oxygen atoms in total. The predicted octanol–water partition coefficient (Wildman–Crippen LogP) is -4.07. The average molecular weight is 431 g/mol. The normalized spacial score (nSPS) is 7.50. The summed E-state index contributed by atoms with van der Waals surface area (Å²) in [5.74, 6) is 0. The van der Waals surface area contributed by atoms with Crippen molar-refractivity contribution in [3.05, 3.63) is 0 Å². The van der Waals surface area contributed by atoms with Gasteiger partial charge in [-0.1, -0.05) is 0 Å². The Bertz CT molecular complexity index is 31.5. The van der Waals surface area contributed by atoms with E-state index in [9.17, 15) is 0 Å². The second-order valence-corrected chi connectivity index (χ2v) is 2.47. The van der Waals surface area contributed by atoms with Crippen LogP contribution in [0.1, 0.15) is 0 Å². The SMILES string of the molecule is [CaH2].[Cu].[OH][Ti]([OH])([OH])[OH].[PbH2]. The molecule has 8 heavy (non-hydrogen) atoms. The maximum atomic E-state index is 7.38. The van der Waals surface area contributed by atoms with Gasteiger partial charge in [0.05, 0.1) is 0 Å². The summed E-state index contributed by atoms with van der Waals surface area (Å²) >= 11 is -5.00. The van der Waals surface area contributed by atoms with E-state index >= 15 is 0 Å². The molecule has 0 saturated heterocycles. The van der Waals surface area contributed by atoms with Crippen molar-refractivity contribution in [2.24, 2.45) is 0 Å². The molecule has 0 aromatic carbocycles. The van der Waals surface area contributed by atoms with Crippen LogP contribution >= 0.6 is 0 Å². The molecule has 0 fully saturated rings. The third kappa shape index (κ3) is 59.5. The van der Waals surface area contributed by atoms with Gasteiger partial charge in [-0.15, -0.1) is 0 Å². The molecule has 0 saturated carbocycles. The molecule has 0 rings (SSSR count). The first kappa shape index (κ1) is 22.5. The number of hydrogen-bond acceptors (Lipinski definition) is 4. The second kappa shape index (κ2) is 10.3. The van der Waals surface area contributed by atoms with Gasteiger partial charge in [-0.25, -0.2) is 0 Å².